The highest BCUT2D eigenvalue weighted by molar-refractivity contribution is 5.93. The molecular formula is C12H17N3O5. The highest BCUT2D eigenvalue weighted by Crippen LogP contribution is 2.20. The SMILES string of the molecule is CCCOCCCNc1cc(C(=O)O)c([N+](=O)[O-])cn1. The van der Waals surface area contributed by atoms with E-state index in [1.807, 2.05) is 6.92 Å². The van der Waals surface area contributed by atoms with Crippen LogP contribution in [-0.4, -0.2) is 40.7 Å². The summed E-state index contributed by atoms with van der Waals surface area (Å²) in [7, 11) is 0. The fraction of sp³-hybridized carbons (Fsp3) is 0.500. The van der Waals surface area contributed by atoms with E-state index in [-0.39, 0.29) is 5.56 Å². The molecule has 0 radical (unpaired) electrons. The summed E-state index contributed by atoms with van der Waals surface area (Å²) in [5.41, 5.74) is -0.899. The Balaban J connectivity index is 2.57. The first-order chi connectivity index (χ1) is 9.56. The van der Waals surface area contributed by atoms with Gasteiger partial charge in [-0.05, 0) is 12.8 Å². The number of pyridine rings is 1. The number of rotatable bonds is 9. The van der Waals surface area contributed by atoms with Gasteiger partial charge in [-0.1, -0.05) is 6.92 Å². The van der Waals surface area contributed by atoms with Crippen molar-refractivity contribution in [1.82, 2.24) is 4.98 Å². The molecule has 0 aliphatic heterocycles. The lowest BCUT2D eigenvalue weighted by molar-refractivity contribution is -0.385. The first kappa shape index (κ1) is 15.8. The van der Waals surface area contributed by atoms with Crippen molar-refractivity contribution in [2.24, 2.45) is 0 Å². The van der Waals surface area contributed by atoms with Crippen molar-refractivity contribution in [2.45, 2.75) is 19.8 Å². The van der Waals surface area contributed by atoms with Crippen LogP contribution in [-0.2, 0) is 4.74 Å². The highest BCUT2D eigenvalue weighted by Gasteiger charge is 2.20. The first-order valence-corrected chi connectivity index (χ1v) is 6.25. The molecule has 0 amide bonds. The topological polar surface area (TPSA) is 115 Å². The molecule has 8 nitrogen and oxygen atoms in total. The van der Waals surface area contributed by atoms with Crippen LogP contribution in [0.5, 0.6) is 0 Å². The molecule has 1 heterocycles. The quantitative estimate of drug-likeness (QED) is 0.404. The first-order valence-electron chi connectivity index (χ1n) is 6.25. The van der Waals surface area contributed by atoms with E-state index >= 15 is 0 Å². The molecule has 0 unspecified atom stereocenters. The van der Waals surface area contributed by atoms with Gasteiger partial charge in [-0.25, -0.2) is 9.78 Å². The number of carbonyl (C=O) groups is 1. The second-order valence-electron chi connectivity index (χ2n) is 4.04. The molecule has 0 aliphatic carbocycles. The number of nitro groups is 1. The highest BCUT2D eigenvalue weighted by atomic mass is 16.6. The smallest absolute Gasteiger partial charge is 0.342 e. The molecule has 0 fully saturated rings. The molecule has 2 N–H and O–H groups in total. The molecule has 1 aromatic heterocycles. The molecule has 0 saturated carbocycles. The normalized spacial score (nSPS) is 10.2. The van der Waals surface area contributed by atoms with Gasteiger partial charge in [0, 0.05) is 25.8 Å². The van der Waals surface area contributed by atoms with Crippen molar-refractivity contribution < 1.29 is 19.6 Å². The largest absolute Gasteiger partial charge is 0.477 e. The molecular weight excluding hydrogens is 266 g/mol. The minimum Gasteiger partial charge on any atom is -0.477 e. The zero-order valence-electron chi connectivity index (χ0n) is 11.2. The fourth-order valence-electron chi connectivity index (χ4n) is 1.50. The molecule has 20 heavy (non-hydrogen) atoms. The number of aromatic nitrogens is 1. The molecule has 110 valence electrons. The Morgan fingerprint density at radius 2 is 2.30 bits per heavy atom. The number of anilines is 1. The maximum absolute atomic E-state index is 10.9. The van der Waals surface area contributed by atoms with Gasteiger partial charge in [0.15, 0.2) is 0 Å². The van der Waals surface area contributed by atoms with Crippen LogP contribution in [0.15, 0.2) is 12.3 Å². The molecule has 0 saturated heterocycles. The van der Waals surface area contributed by atoms with Crippen molar-refractivity contribution in [2.75, 3.05) is 25.1 Å². The maximum atomic E-state index is 10.9. The van der Waals surface area contributed by atoms with Gasteiger partial charge in [0.25, 0.3) is 0 Å². The van der Waals surface area contributed by atoms with E-state index in [9.17, 15) is 14.9 Å². The van der Waals surface area contributed by atoms with Gasteiger partial charge in [0.05, 0.1) is 4.92 Å². The van der Waals surface area contributed by atoms with Crippen LogP contribution in [0.4, 0.5) is 11.5 Å². The number of carboxylic acids is 1. The maximum Gasteiger partial charge on any atom is 0.342 e. The summed E-state index contributed by atoms with van der Waals surface area (Å²) < 4.78 is 5.29. The van der Waals surface area contributed by atoms with Gasteiger partial charge in [-0.3, -0.25) is 10.1 Å². The van der Waals surface area contributed by atoms with E-state index in [1.165, 1.54) is 0 Å². The third-order valence-electron chi connectivity index (χ3n) is 2.43. The zero-order valence-corrected chi connectivity index (χ0v) is 11.2. The average Bonchev–Trinajstić information content (AvgIpc) is 2.42. The van der Waals surface area contributed by atoms with Gasteiger partial charge in [0.2, 0.25) is 0 Å². The summed E-state index contributed by atoms with van der Waals surface area (Å²) >= 11 is 0. The number of hydrogen-bond acceptors (Lipinski definition) is 6. The Hall–Kier alpha value is -2.22. The fourth-order valence-corrected chi connectivity index (χ4v) is 1.50. The van der Waals surface area contributed by atoms with E-state index in [2.05, 4.69) is 10.3 Å². The van der Waals surface area contributed by atoms with Gasteiger partial charge in [-0.2, -0.15) is 0 Å². The molecule has 1 rings (SSSR count). The molecule has 1 aromatic rings. The number of aromatic carboxylic acids is 1. The van der Waals surface area contributed by atoms with Crippen LogP contribution in [0.1, 0.15) is 30.1 Å². The van der Waals surface area contributed by atoms with E-state index in [4.69, 9.17) is 9.84 Å². The third-order valence-corrected chi connectivity index (χ3v) is 2.43. The lowest BCUT2D eigenvalue weighted by Gasteiger charge is -2.07. The monoisotopic (exact) mass is 283 g/mol. The lowest BCUT2D eigenvalue weighted by Crippen LogP contribution is -2.09. The Morgan fingerprint density at radius 3 is 2.90 bits per heavy atom. The van der Waals surface area contributed by atoms with Crippen LogP contribution < -0.4 is 5.32 Å². The Kier molecular flexibility index (Phi) is 6.38. The Bertz CT molecular complexity index is 478. The predicted octanol–water partition coefficient (Wildman–Crippen LogP) is 1.92. The van der Waals surface area contributed by atoms with Crippen molar-refractivity contribution in [3.05, 3.63) is 27.9 Å². The minimum absolute atomic E-state index is 0.295. The minimum atomic E-state index is -1.35. The van der Waals surface area contributed by atoms with E-state index in [0.29, 0.717) is 25.6 Å². The van der Waals surface area contributed by atoms with Crippen molar-refractivity contribution >= 4 is 17.5 Å². The van der Waals surface area contributed by atoms with Crippen LogP contribution in [0.2, 0.25) is 0 Å². The van der Waals surface area contributed by atoms with E-state index in [1.54, 1.807) is 0 Å². The number of nitrogens with zero attached hydrogens (tertiary/aromatic N) is 2. The van der Waals surface area contributed by atoms with Crippen molar-refractivity contribution in [3.8, 4) is 0 Å². The Labute approximate surface area is 115 Å². The van der Waals surface area contributed by atoms with E-state index in [0.717, 1.165) is 25.1 Å². The molecule has 0 bridgehead atoms. The van der Waals surface area contributed by atoms with E-state index < -0.39 is 16.6 Å². The molecule has 0 aliphatic rings. The number of hydrogen-bond donors (Lipinski definition) is 2. The van der Waals surface area contributed by atoms with Crippen molar-refractivity contribution in [1.29, 1.82) is 0 Å². The standard InChI is InChI=1S/C12H17N3O5/c1-2-5-20-6-3-4-13-11-7-9(12(16)17)10(8-14-11)15(18)19/h7-8H,2-6H2,1H3,(H,13,14)(H,16,17). The van der Waals surface area contributed by atoms with Crippen LogP contribution in [0, 0.1) is 10.1 Å². The molecule has 0 spiro atoms. The predicted molar refractivity (Wildman–Crippen MR) is 72.1 cm³/mol. The van der Waals surface area contributed by atoms with Crippen LogP contribution >= 0.6 is 0 Å². The molecule has 0 atom stereocenters. The van der Waals surface area contributed by atoms with Gasteiger partial charge < -0.3 is 15.2 Å². The number of carboxylic acid groups (broad SMARTS) is 1. The summed E-state index contributed by atoms with van der Waals surface area (Å²) in [5.74, 6) is -1.06. The summed E-state index contributed by atoms with van der Waals surface area (Å²) in [6.07, 6.45) is 2.64. The molecule has 8 heteroatoms. The van der Waals surface area contributed by atoms with Gasteiger partial charge >= 0.3 is 11.7 Å². The van der Waals surface area contributed by atoms with Crippen LogP contribution in [0.25, 0.3) is 0 Å². The van der Waals surface area contributed by atoms with Gasteiger partial charge in [-0.15, -0.1) is 0 Å². The number of ether oxygens (including phenoxy) is 1. The summed E-state index contributed by atoms with van der Waals surface area (Å²) in [6, 6.07) is 1.16. The van der Waals surface area contributed by atoms with Gasteiger partial charge in [0.1, 0.15) is 17.6 Å². The average molecular weight is 283 g/mol. The van der Waals surface area contributed by atoms with Crippen LogP contribution in [0.3, 0.4) is 0 Å². The second kappa shape index (κ2) is 8.05. The zero-order chi connectivity index (χ0) is 15.0. The lowest BCUT2D eigenvalue weighted by atomic mass is 10.2. The van der Waals surface area contributed by atoms with Crippen molar-refractivity contribution in [3.63, 3.8) is 0 Å². The third kappa shape index (κ3) is 4.81. The number of nitrogens with one attached hydrogen (secondary N) is 1. The molecule has 0 aromatic carbocycles. The summed E-state index contributed by atoms with van der Waals surface area (Å²) in [6.45, 7) is 3.87. The summed E-state index contributed by atoms with van der Waals surface area (Å²) in [4.78, 5) is 24.7. The second-order valence-corrected chi connectivity index (χ2v) is 4.04. The Morgan fingerprint density at radius 1 is 1.55 bits per heavy atom. The summed E-state index contributed by atoms with van der Waals surface area (Å²) in [5, 5.41) is 22.5.